The molecule has 0 heterocycles. The van der Waals surface area contributed by atoms with Crippen molar-refractivity contribution < 1.29 is 51.4 Å². The molecule has 0 aliphatic rings. The van der Waals surface area contributed by atoms with E-state index in [1.165, 1.54) is 5.40 Å². The molecule has 0 aromatic rings. The topological polar surface area (TPSA) is 23.8 Å². The van der Waals surface area contributed by atoms with Crippen LogP contribution in [0.5, 0.6) is 0 Å². The summed E-state index contributed by atoms with van der Waals surface area (Å²) in [6, 6.07) is 0. The Morgan fingerprint density at radius 2 is 1.60 bits per heavy atom. The van der Waals surface area contributed by atoms with Gasteiger partial charge in [0.2, 0.25) is 0 Å². The second-order valence-corrected chi connectivity index (χ2v) is 0.274. The maximum atomic E-state index is 7.13. The smallest absolute Gasteiger partial charge is 1.00 e. The number of hydrogen-bond donors (Lipinski definition) is 0. The monoisotopic (exact) mass is 139 g/mol. The first-order chi connectivity index (χ1) is 1.41. The largest absolute Gasteiger partial charge is 1.00 e. The van der Waals surface area contributed by atoms with E-state index in [4.69, 9.17) is 5.26 Å². The third kappa shape index (κ3) is 20.6. The van der Waals surface area contributed by atoms with Crippen molar-refractivity contribution in [1.29, 1.82) is 5.26 Å². The molecule has 1 nitrogen and oxygen atoms in total. The molecule has 0 spiro atoms. The van der Waals surface area contributed by atoms with Crippen LogP contribution in [0.2, 0.25) is 0 Å². The molecule has 0 amide bonds. The molecule has 0 unspecified atom stereocenters. The van der Waals surface area contributed by atoms with E-state index < -0.39 is 0 Å². The van der Waals surface area contributed by atoms with Gasteiger partial charge in [-0.2, -0.15) is 0 Å². The van der Waals surface area contributed by atoms with Crippen LogP contribution in [0.4, 0.5) is 0 Å². The summed E-state index contributed by atoms with van der Waals surface area (Å²) in [4.78, 5) is 0. The summed E-state index contributed by atoms with van der Waals surface area (Å²) in [6.45, 7) is 0. The number of thiocyanates is 1. The Balaban J connectivity index is -0.0000000200. The fourth-order valence-corrected chi connectivity index (χ4v) is 0. The fraction of sp³-hybridized carbons (Fsp3) is 0. The first-order valence-electron chi connectivity index (χ1n) is 0.428. The van der Waals surface area contributed by atoms with Gasteiger partial charge in [0.1, 0.15) is 0 Å². The average molecular weight is 139 g/mol. The predicted octanol–water partition coefficient (Wildman–Crippen LogP) is -3.90. The van der Waals surface area contributed by atoms with E-state index in [0.29, 0.717) is 0 Å². The van der Waals surface area contributed by atoms with Crippen molar-refractivity contribution in [3.8, 4) is 5.40 Å². The summed E-state index contributed by atoms with van der Waals surface area (Å²) in [5.41, 5.74) is 0. The molecule has 0 fully saturated rings. The normalized spacial score (nSPS) is 1.40. The van der Waals surface area contributed by atoms with Crippen LogP contribution in [0, 0.1) is 10.7 Å². The second kappa shape index (κ2) is 16.0. The van der Waals surface area contributed by atoms with Crippen molar-refractivity contribution in [3.63, 3.8) is 0 Å². The van der Waals surface area contributed by atoms with Crippen LogP contribution in [0.25, 0.3) is 0 Å². The summed E-state index contributed by atoms with van der Waals surface area (Å²) >= 11 is 3.70. The summed E-state index contributed by atoms with van der Waals surface area (Å²) in [5, 5.41) is 8.47. The van der Waals surface area contributed by atoms with E-state index in [0.717, 1.165) is 0 Å². The molecule has 0 radical (unpaired) electrons. The number of nitriles is 1. The minimum Gasteiger partial charge on any atom is 1.00 e. The second-order valence-electron chi connectivity index (χ2n) is 0.0913. The van der Waals surface area contributed by atoms with Gasteiger partial charge >= 0.3 is 89.1 Å². The van der Waals surface area contributed by atoms with Crippen LogP contribution in [0.3, 0.4) is 0 Å². The molecule has 0 saturated heterocycles. The molecule has 20 valence electrons. The average Bonchev–Trinajstić information content (AvgIpc) is 0.918. The van der Waals surface area contributed by atoms with E-state index in [1.54, 1.807) is 0 Å². The zero-order chi connectivity index (χ0) is 2.71. The standard InChI is InChI=1S/CHNS.Ca.K.2H/c2-1-3;;;;/h3H;;;;/q;;+1;;/p-1. The van der Waals surface area contributed by atoms with Gasteiger partial charge in [-0.15, -0.1) is 0 Å². The molecule has 4 heteroatoms. The minimum atomic E-state index is 0. The molecule has 0 aliphatic carbocycles. The van der Waals surface area contributed by atoms with Crippen molar-refractivity contribution in [3.05, 3.63) is 0 Å². The van der Waals surface area contributed by atoms with Crippen LogP contribution >= 0.6 is 0 Å². The Morgan fingerprint density at radius 3 is 1.60 bits per heavy atom. The molecular formula is CH2CaKNS. The number of nitrogens with zero attached hydrogens (tertiary/aromatic N) is 1. The number of rotatable bonds is 0. The van der Waals surface area contributed by atoms with Crippen LogP contribution in [-0.2, 0) is 12.6 Å². The van der Waals surface area contributed by atoms with Gasteiger partial charge in [0.25, 0.3) is 0 Å². The zero-order valence-electron chi connectivity index (χ0n) is 2.36. The van der Waals surface area contributed by atoms with Gasteiger partial charge in [0.15, 0.2) is 0 Å². The first kappa shape index (κ1) is 15.6. The molecule has 0 aliphatic heterocycles. The predicted molar refractivity (Wildman–Crippen MR) is 21.5 cm³/mol. The third-order valence-corrected chi connectivity index (χ3v) is 0. The third-order valence-electron chi connectivity index (χ3n) is 0. The molecule has 0 rings (SSSR count). The van der Waals surface area contributed by atoms with Gasteiger partial charge in [-0.05, 0) is 0 Å². The van der Waals surface area contributed by atoms with Gasteiger partial charge in [-0.1, -0.05) is 5.40 Å². The molecule has 0 aromatic carbocycles. The molecule has 5 heavy (non-hydrogen) atoms. The Morgan fingerprint density at radius 1 is 1.60 bits per heavy atom. The van der Waals surface area contributed by atoms with E-state index in [-0.39, 0.29) is 89.1 Å². The summed E-state index contributed by atoms with van der Waals surface area (Å²) in [6.07, 6.45) is 0. The summed E-state index contributed by atoms with van der Waals surface area (Å²) in [7, 11) is 0. The first-order valence-corrected chi connectivity index (χ1v) is 0.836. The molecule has 0 saturated carbocycles. The van der Waals surface area contributed by atoms with Crippen LogP contribution in [-0.4, -0.2) is 37.7 Å². The summed E-state index contributed by atoms with van der Waals surface area (Å²) < 4.78 is 0. The van der Waals surface area contributed by atoms with E-state index in [2.05, 4.69) is 12.6 Å². The van der Waals surface area contributed by atoms with Crippen molar-refractivity contribution in [2.24, 2.45) is 0 Å². The van der Waals surface area contributed by atoms with Gasteiger partial charge in [-0.3, -0.25) is 0 Å². The van der Waals surface area contributed by atoms with Crippen molar-refractivity contribution in [2.75, 3.05) is 0 Å². The van der Waals surface area contributed by atoms with Gasteiger partial charge in [-0.25, -0.2) is 5.26 Å². The minimum absolute atomic E-state index is 0. The Hall–Kier alpha value is 2.61. The quantitative estimate of drug-likeness (QED) is 0.195. The van der Waals surface area contributed by atoms with Crippen molar-refractivity contribution in [1.82, 2.24) is 0 Å². The van der Waals surface area contributed by atoms with E-state index in [9.17, 15) is 0 Å². The Labute approximate surface area is 109 Å². The maximum absolute atomic E-state index is 7.13. The van der Waals surface area contributed by atoms with E-state index >= 15 is 0 Å². The Kier molecular flexibility index (Phi) is 50.0. The van der Waals surface area contributed by atoms with Gasteiger partial charge in [0.05, 0.1) is 0 Å². The fourth-order valence-electron chi connectivity index (χ4n) is 0. The van der Waals surface area contributed by atoms with Gasteiger partial charge in [0, 0.05) is 0 Å². The number of hydrogen-bond acceptors (Lipinski definition) is 2. The van der Waals surface area contributed by atoms with Crippen LogP contribution < -0.4 is 51.4 Å². The molecule has 0 bridgehead atoms. The zero-order valence-corrected chi connectivity index (χ0v) is 6.30. The SMILES string of the molecule is N#C[S-].[CaH2].[K+]. The van der Waals surface area contributed by atoms with Crippen molar-refractivity contribution >= 4 is 50.4 Å². The van der Waals surface area contributed by atoms with Crippen LogP contribution in [0.15, 0.2) is 0 Å². The van der Waals surface area contributed by atoms with Crippen molar-refractivity contribution in [2.45, 2.75) is 0 Å². The Bertz CT molecular complexity index is 33.1. The molecule has 0 N–H and O–H groups in total. The molecular weight excluding hydrogens is 137 g/mol. The molecule has 0 atom stereocenters. The molecule has 0 aromatic heterocycles. The van der Waals surface area contributed by atoms with E-state index in [1.807, 2.05) is 0 Å². The van der Waals surface area contributed by atoms with Crippen LogP contribution in [0.1, 0.15) is 0 Å². The van der Waals surface area contributed by atoms with Gasteiger partial charge < -0.3 is 12.6 Å². The summed E-state index contributed by atoms with van der Waals surface area (Å²) in [5.74, 6) is 0. The maximum Gasteiger partial charge on any atom is 1.00 e.